The number of aromatic nitrogens is 2. The Bertz CT molecular complexity index is 890. The first-order chi connectivity index (χ1) is 11.8. The van der Waals surface area contributed by atoms with Crippen molar-refractivity contribution in [1.29, 1.82) is 0 Å². The fraction of sp³-hybridized carbons (Fsp3) is 0.263. The van der Waals surface area contributed by atoms with E-state index in [2.05, 4.69) is 39.4 Å². The van der Waals surface area contributed by atoms with Gasteiger partial charge in [0.15, 0.2) is 17.3 Å². The number of fused-ring (bicyclic) bond motifs is 2. The second-order valence-corrected chi connectivity index (χ2v) is 5.90. The Kier molecular flexibility index (Phi) is 3.69. The smallest absolute Gasteiger partial charge is 0.161 e. The molecule has 0 aliphatic carbocycles. The maximum absolute atomic E-state index is 5.44. The van der Waals surface area contributed by atoms with Gasteiger partial charge in [-0.15, -0.1) is 5.10 Å². The molecule has 0 amide bonds. The molecule has 5 heteroatoms. The van der Waals surface area contributed by atoms with Gasteiger partial charge in [-0.1, -0.05) is 24.3 Å². The van der Waals surface area contributed by atoms with Gasteiger partial charge in [0, 0.05) is 23.9 Å². The van der Waals surface area contributed by atoms with Crippen molar-refractivity contribution in [3.63, 3.8) is 0 Å². The Hall–Kier alpha value is -2.82. The fourth-order valence-electron chi connectivity index (χ4n) is 3.31. The molecule has 5 nitrogen and oxygen atoms in total. The van der Waals surface area contributed by atoms with Crippen LogP contribution in [0.25, 0.3) is 10.8 Å². The van der Waals surface area contributed by atoms with Crippen LogP contribution in [0, 0.1) is 0 Å². The molecule has 3 aromatic rings. The number of hydrogen-bond acceptors (Lipinski definition) is 5. The number of rotatable bonds is 3. The number of benzene rings is 2. The first-order valence-electron chi connectivity index (χ1n) is 7.99. The molecule has 0 saturated heterocycles. The highest BCUT2D eigenvalue weighted by molar-refractivity contribution is 5.91. The minimum Gasteiger partial charge on any atom is -0.493 e. The summed E-state index contributed by atoms with van der Waals surface area (Å²) in [6.07, 6.45) is 2.76. The van der Waals surface area contributed by atoms with Crippen LogP contribution >= 0.6 is 0 Å². The van der Waals surface area contributed by atoms with Crippen LogP contribution in [0.1, 0.15) is 11.1 Å². The molecular formula is C19H19N3O2. The maximum Gasteiger partial charge on any atom is 0.161 e. The van der Waals surface area contributed by atoms with Gasteiger partial charge in [0.1, 0.15) is 0 Å². The van der Waals surface area contributed by atoms with E-state index >= 15 is 0 Å². The zero-order valence-corrected chi connectivity index (χ0v) is 13.8. The second-order valence-electron chi connectivity index (χ2n) is 5.90. The van der Waals surface area contributed by atoms with Crippen molar-refractivity contribution in [2.24, 2.45) is 0 Å². The monoisotopic (exact) mass is 321 g/mol. The third-order valence-corrected chi connectivity index (χ3v) is 4.57. The van der Waals surface area contributed by atoms with E-state index in [1.54, 1.807) is 14.2 Å². The molecule has 2 heterocycles. The number of methoxy groups -OCH3 is 2. The van der Waals surface area contributed by atoms with Gasteiger partial charge in [-0.2, -0.15) is 5.10 Å². The summed E-state index contributed by atoms with van der Waals surface area (Å²) in [6, 6.07) is 12.4. The Balaban J connectivity index is 1.73. The van der Waals surface area contributed by atoms with E-state index < -0.39 is 0 Å². The van der Waals surface area contributed by atoms with Crippen LogP contribution < -0.4 is 14.4 Å². The second kappa shape index (κ2) is 6.00. The topological polar surface area (TPSA) is 47.5 Å². The lowest BCUT2D eigenvalue weighted by atomic mass is 9.98. The zero-order valence-electron chi connectivity index (χ0n) is 13.8. The summed E-state index contributed by atoms with van der Waals surface area (Å²) >= 11 is 0. The van der Waals surface area contributed by atoms with E-state index in [9.17, 15) is 0 Å². The predicted molar refractivity (Wildman–Crippen MR) is 93.8 cm³/mol. The molecule has 4 rings (SSSR count). The van der Waals surface area contributed by atoms with Crippen molar-refractivity contribution >= 4 is 16.6 Å². The summed E-state index contributed by atoms with van der Waals surface area (Å²) in [6.45, 7) is 1.70. The van der Waals surface area contributed by atoms with Crippen molar-refractivity contribution in [2.45, 2.75) is 13.0 Å². The van der Waals surface area contributed by atoms with E-state index in [1.165, 1.54) is 11.1 Å². The van der Waals surface area contributed by atoms with Gasteiger partial charge < -0.3 is 14.4 Å². The van der Waals surface area contributed by atoms with Crippen molar-refractivity contribution < 1.29 is 9.47 Å². The van der Waals surface area contributed by atoms with Crippen LogP contribution in [-0.2, 0) is 13.0 Å². The lowest BCUT2D eigenvalue weighted by Gasteiger charge is -2.30. The largest absolute Gasteiger partial charge is 0.493 e. The van der Waals surface area contributed by atoms with Crippen molar-refractivity contribution in [1.82, 2.24) is 10.2 Å². The van der Waals surface area contributed by atoms with Gasteiger partial charge in [-0.25, -0.2) is 0 Å². The van der Waals surface area contributed by atoms with E-state index in [0.29, 0.717) is 0 Å². The maximum atomic E-state index is 5.44. The van der Waals surface area contributed by atoms with E-state index in [-0.39, 0.29) is 0 Å². The lowest BCUT2D eigenvalue weighted by Crippen LogP contribution is -2.31. The molecule has 0 bridgehead atoms. The molecule has 0 radical (unpaired) electrons. The minimum atomic E-state index is 0.766. The molecule has 0 N–H and O–H groups in total. The SMILES string of the molecule is COc1cc2c(cc1OC)CN(c1nncc3ccccc13)CC2. The molecule has 0 saturated carbocycles. The average molecular weight is 321 g/mol. The highest BCUT2D eigenvalue weighted by Gasteiger charge is 2.21. The molecule has 1 aliphatic rings. The van der Waals surface area contributed by atoms with Crippen molar-refractivity contribution in [2.75, 3.05) is 25.7 Å². The zero-order chi connectivity index (χ0) is 16.5. The number of ether oxygens (including phenoxy) is 2. The van der Waals surface area contributed by atoms with Gasteiger partial charge in [0.2, 0.25) is 0 Å². The summed E-state index contributed by atoms with van der Waals surface area (Å²) in [5.74, 6) is 2.49. The van der Waals surface area contributed by atoms with Gasteiger partial charge in [0.05, 0.1) is 20.4 Å². The Morgan fingerprint density at radius 2 is 1.75 bits per heavy atom. The molecule has 1 aromatic heterocycles. The summed E-state index contributed by atoms with van der Waals surface area (Å²) in [4.78, 5) is 2.28. The summed E-state index contributed by atoms with van der Waals surface area (Å²) in [5.41, 5.74) is 2.55. The van der Waals surface area contributed by atoms with Gasteiger partial charge in [-0.05, 0) is 29.7 Å². The van der Waals surface area contributed by atoms with Crippen molar-refractivity contribution in [3.8, 4) is 11.5 Å². The van der Waals surface area contributed by atoms with Crippen LogP contribution in [0.5, 0.6) is 11.5 Å². The average Bonchev–Trinajstić information content (AvgIpc) is 2.66. The molecule has 0 unspecified atom stereocenters. The summed E-state index contributed by atoms with van der Waals surface area (Å²) in [5, 5.41) is 10.8. The fourth-order valence-corrected chi connectivity index (χ4v) is 3.31. The van der Waals surface area contributed by atoms with Gasteiger partial charge in [-0.3, -0.25) is 0 Å². The Morgan fingerprint density at radius 1 is 1.00 bits per heavy atom. The number of hydrogen-bond donors (Lipinski definition) is 0. The van der Waals surface area contributed by atoms with Crippen LogP contribution in [0.15, 0.2) is 42.6 Å². The molecule has 0 spiro atoms. The summed E-state index contributed by atoms with van der Waals surface area (Å²) in [7, 11) is 3.34. The predicted octanol–water partition coefficient (Wildman–Crippen LogP) is 3.21. The third kappa shape index (κ3) is 2.42. The van der Waals surface area contributed by atoms with Crippen LogP contribution in [0.2, 0.25) is 0 Å². The van der Waals surface area contributed by atoms with Crippen LogP contribution in [-0.4, -0.2) is 31.0 Å². The third-order valence-electron chi connectivity index (χ3n) is 4.57. The van der Waals surface area contributed by atoms with E-state index in [1.807, 2.05) is 18.3 Å². The Morgan fingerprint density at radius 3 is 2.54 bits per heavy atom. The van der Waals surface area contributed by atoms with E-state index in [0.717, 1.165) is 47.6 Å². The van der Waals surface area contributed by atoms with Crippen molar-refractivity contribution in [3.05, 3.63) is 53.7 Å². The molecule has 2 aromatic carbocycles. The molecule has 122 valence electrons. The van der Waals surface area contributed by atoms with Gasteiger partial charge >= 0.3 is 0 Å². The molecule has 1 aliphatic heterocycles. The number of nitrogens with zero attached hydrogens (tertiary/aromatic N) is 3. The first kappa shape index (κ1) is 14.8. The molecule has 24 heavy (non-hydrogen) atoms. The molecule has 0 atom stereocenters. The normalized spacial score (nSPS) is 13.7. The number of anilines is 1. The lowest BCUT2D eigenvalue weighted by molar-refractivity contribution is 0.353. The quantitative estimate of drug-likeness (QED) is 0.741. The van der Waals surface area contributed by atoms with Gasteiger partial charge in [0.25, 0.3) is 0 Å². The van der Waals surface area contributed by atoms with Crippen LogP contribution in [0.4, 0.5) is 5.82 Å². The van der Waals surface area contributed by atoms with Crippen LogP contribution in [0.3, 0.4) is 0 Å². The van der Waals surface area contributed by atoms with E-state index in [4.69, 9.17) is 9.47 Å². The standard InChI is InChI=1S/C19H19N3O2/c1-23-17-9-13-7-8-22(12-15(13)10-18(17)24-2)19-16-6-4-3-5-14(16)11-20-21-19/h3-6,9-11H,7-8,12H2,1-2H3. The first-order valence-corrected chi connectivity index (χ1v) is 7.99. The summed E-state index contributed by atoms with van der Waals surface area (Å²) < 4.78 is 10.9. The molecule has 0 fully saturated rings. The highest BCUT2D eigenvalue weighted by atomic mass is 16.5. The highest BCUT2D eigenvalue weighted by Crippen LogP contribution is 2.35. The Labute approximate surface area is 140 Å². The molecular weight excluding hydrogens is 302 g/mol. The minimum absolute atomic E-state index is 0.766.